The molecule has 2 aliphatic rings. The predicted octanol–water partition coefficient (Wildman–Crippen LogP) is 0.410. The smallest absolute Gasteiger partial charge is 0.303 e. The molecule has 0 aliphatic carbocycles. The minimum atomic E-state index is -1.03. The van der Waals surface area contributed by atoms with E-state index < -0.39 is 17.9 Å². The van der Waals surface area contributed by atoms with Crippen LogP contribution in [-0.4, -0.2) is 52.6 Å². The fourth-order valence-electron chi connectivity index (χ4n) is 3.79. The van der Waals surface area contributed by atoms with Crippen molar-refractivity contribution >= 4 is 17.8 Å². The molecule has 5 N–H and O–H groups in total. The van der Waals surface area contributed by atoms with Gasteiger partial charge in [-0.1, -0.05) is 12.1 Å². The van der Waals surface area contributed by atoms with Crippen LogP contribution in [0.15, 0.2) is 18.2 Å². The monoisotopic (exact) mass is 375 g/mol. The van der Waals surface area contributed by atoms with Crippen LogP contribution in [0.2, 0.25) is 0 Å². The van der Waals surface area contributed by atoms with Crippen molar-refractivity contribution in [1.82, 2.24) is 4.90 Å². The maximum atomic E-state index is 12.7. The van der Waals surface area contributed by atoms with E-state index in [4.69, 9.17) is 21.3 Å². The zero-order valence-corrected chi connectivity index (χ0v) is 15.1. The quantitative estimate of drug-likeness (QED) is 0.631. The van der Waals surface area contributed by atoms with Gasteiger partial charge in [0.2, 0.25) is 5.91 Å². The number of amides is 2. The normalized spacial score (nSPS) is 23.1. The van der Waals surface area contributed by atoms with Gasteiger partial charge in [-0.3, -0.25) is 14.4 Å². The minimum Gasteiger partial charge on any atom is -0.481 e. The third-order valence-electron chi connectivity index (χ3n) is 5.27. The number of ether oxygens (including phenoxy) is 1. The Bertz CT molecular complexity index is 751. The number of aliphatic carboxylic acids is 1. The van der Waals surface area contributed by atoms with Gasteiger partial charge in [-0.15, -0.1) is 0 Å². The molecule has 0 saturated carbocycles. The van der Waals surface area contributed by atoms with Gasteiger partial charge in [0.25, 0.3) is 5.91 Å². The molecule has 1 saturated heterocycles. The maximum absolute atomic E-state index is 12.7. The first-order chi connectivity index (χ1) is 12.9. The number of benzene rings is 1. The first kappa shape index (κ1) is 19.3. The predicted molar refractivity (Wildman–Crippen MR) is 96.8 cm³/mol. The first-order valence-electron chi connectivity index (χ1n) is 9.18. The van der Waals surface area contributed by atoms with E-state index in [1.807, 2.05) is 12.1 Å². The van der Waals surface area contributed by atoms with Crippen LogP contribution in [0.5, 0.6) is 0 Å². The molecule has 0 bridgehead atoms. The number of hydrogen-bond donors (Lipinski definition) is 3. The molecule has 1 aromatic carbocycles. The van der Waals surface area contributed by atoms with Crippen LogP contribution in [0.4, 0.5) is 0 Å². The third kappa shape index (κ3) is 4.28. The van der Waals surface area contributed by atoms with E-state index in [0.29, 0.717) is 18.6 Å². The summed E-state index contributed by atoms with van der Waals surface area (Å²) in [5.74, 6) is -2.02. The molecule has 146 valence electrons. The molecule has 3 atom stereocenters. The standard InChI is InChI=1S/C19H25N3O5/c20-14-2-1-7-27-16(14)9-11-3-4-13-12(8-11)10-22(19(13)26)15(18(21)25)5-6-17(23)24/h3-4,8,14-16H,1-2,5-7,9-10,20H2,(H2,21,25)(H,23,24)/t14-,15-,16+/m0/s1. The lowest BCUT2D eigenvalue weighted by Gasteiger charge is -2.29. The van der Waals surface area contributed by atoms with Crippen LogP contribution in [0.25, 0.3) is 0 Å². The summed E-state index contributed by atoms with van der Waals surface area (Å²) in [5, 5.41) is 8.86. The maximum Gasteiger partial charge on any atom is 0.303 e. The number of rotatable bonds is 7. The Morgan fingerprint density at radius 1 is 1.37 bits per heavy atom. The second-order valence-electron chi connectivity index (χ2n) is 7.19. The fraction of sp³-hybridized carbons (Fsp3) is 0.526. The number of hydrogen-bond acceptors (Lipinski definition) is 5. The third-order valence-corrected chi connectivity index (χ3v) is 5.27. The summed E-state index contributed by atoms with van der Waals surface area (Å²) in [7, 11) is 0. The lowest BCUT2D eigenvalue weighted by Crippen LogP contribution is -2.45. The molecule has 8 nitrogen and oxygen atoms in total. The lowest BCUT2D eigenvalue weighted by atomic mass is 9.95. The molecule has 8 heteroatoms. The SMILES string of the molecule is NC(=O)[C@H](CCC(=O)O)N1Cc2cc(C[C@H]3OCCC[C@@H]3N)ccc2C1=O. The molecular formula is C19H25N3O5. The number of carboxylic acid groups (broad SMARTS) is 1. The van der Waals surface area contributed by atoms with E-state index in [9.17, 15) is 14.4 Å². The lowest BCUT2D eigenvalue weighted by molar-refractivity contribution is -0.137. The zero-order valence-electron chi connectivity index (χ0n) is 15.1. The average molecular weight is 375 g/mol. The van der Waals surface area contributed by atoms with Crippen LogP contribution in [-0.2, 0) is 27.3 Å². The Kier molecular flexibility index (Phi) is 5.76. The molecule has 0 spiro atoms. The van der Waals surface area contributed by atoms with Gasteiger partial charge >= 0.3 is 5.97 Å². The Balaban J connectivity index is 1.74. The summed E-state index contributed by atoms with van der Waals surface area (Å²) in [6.45, 7) is 0.951. The van der Waals surface area contributed by atoms with E-state index in [1.54, 1.807) is 6.07 Å². The summed E-state index contributed by atoms with van der Waals surface area (Å²) in [6.07, 6.45) is 2.31. The van der Waals surface area contributed by atoms with Crippen LogP contribution < -0.4 is 11.5 Å². The minimum absolute atomic E-state index is 0.000366. The molecule has 2 amide bonds. The highest BCUT2D eigenvalue weighted by Crippen LogP contribution is 2.28. The molecule has 3 rings (SSSR count). The van der Waals surface area contributed by atoms with Gasteiger partial charge in [0.05, 0.1) is 6.10 Å². The zero-order chi connectivity index (χ0) is 19.6. The van der Waals surface area contributed by atoms with Gasteiger partial charge in [0.1, 0.15) is 6.04 Å². The average Bonchev–Trinajstić information content (AvgIpc) is 2.93. The molecule has 1 fully saturated rings. The summed E-state index contributed by atoms with van der Waals surface area (Å²) >= 11 is 0. The van der Waals surface area contributed by atoms with Crippen molar-refractivity contribution in [1.29, 1.82) is 0 Å². The summed E-state index contributed by atoms with van der Waals surface area (Å²) in [5.41, 5.74) is 13.9. The molecule has 0 aromatic heterocycles. The van der Waals surface area contributed by atoms with Crippen molar-refractivity contribution < 1.29 is 24.2 Å². The van der Waals surface area contributed by atoms with E-state index in [0.717, 1.165) is 24.0 Å². The second-order valence-corrected chi connectivity index (χ2v) is 7.19. The summed E-state index contributed by atoms with van der Waals surface area (Å²) in [4.78, 5) is 36.6. The highest BCUT2D eigenvalue weighted by atomic mass is 16.5. The van der Waals surface area contributed by atoms with E-state index in [-0.39, 0.29) is 37.4 Å². The number of nitrogens with zero attached hydrogens (tertiary/aromatic N) is 1. The number of primary amides is 1. The van der Waals surface area contributed by atoms with Crippen molar-refractivity contribution in [2.24, 2.45) is 11.5 Å². The topological polar surface area (TPSA) is 136 Å². The van der Waals surface area contributed by atoms with Crippen molar-refractivity contribution in [3.8, 4) is 0 Å². The Morgan fingerprint density at radius 2 is 2.15 bits per heavy atom. The van der Waals surface area contributed by atoms with Gasteiger partial charge in [-0.2, -0.15) is 0 Å². The number of carbonyl (C=O) groups is 3. The van der Waals surface area contributed by atoms with Gasteiger partial charge < -0.3 is 26.2 Å². The van der Waals surface area contributed by atoms with Gasteiger partial charge in [-0.25, -0.2) is 0 Å². The molecule has 0 unspecified atom stereocenters. The first-order valence-corrected chi connectivity index (χ1v) is 9.18. The van der Waals surface area contributed by atoms with E-state index >= 15 is 0 Å². The van der Waals surface area contributed by atoms with E-state index in [2.05, 4.69) is 0 Å². The number of carboxylic acids is 1. The molecule has 0 radical (unpaired) electrons. The van der Waals surface area contributed by atoms with E-state index in [1.165, 1.54) is 4.90 Å². The van der Waals surface area contributed by atoms with Crippen molar-refractivity contribution in [3.05, 3.63) is 34.9 Å². The Morgan fingerprint density at radius 3 is 2.81 bits per heavy atom. The molecule has 1 aromatic rings. The summed E-state index contributed by atoms with van der Waals surface area (Å²) < 4.78 is 5.76. The Labute approximate surface area is 157 Å². The molecular weight excluding hydrogens is 350 g/mol. The highest BCUT2D eigenvalue weighted by Gasteiger charge is 2.36. The molecule has 2 heterocycles. The number of nitrogens with two attached hydrogens (primary N) is 2. The Hall–Kier alpha value is -2.45. The van der Waals surface area contributed by atoms with Crippen molar-refractivity contribution in [2.75, 3.05) is 6.61 Å². The van der Waals surface area contributed by atoms with Crippen LogP contribution in [0.1, 0.15) is 47.2 Å². The van der Waals surface area contributed by atoms with Gasteiger partial charge in [-0.05, 0) is 36.5 Å². The number of carbonyl (C=O) groups excluding carboxylic acids is 2. The molecule has 2 aliphatic heterocycles. The van der Waals surface area contributed by atoms with Crippen molar-refractivity contribution in [2.45, 2.75) is 56.8 Å². The summed E-state index contributed by atoms with van der Waals surface area (Å²) in [6, 6.07) is 4.63. The van der Waals surface area contributed by atoms with Crippen LogP contribution >= 0.6 is 0 Å². The van der Waals surface area contributed by atoms with Crippen LogP contribution in [0, 0.1) is 0 Å². The number of fused-ring (bicyclic) bond motifs is 1. The second kappa shape index (κ2) is 8.06. The molecule has 27 heavy (non-hydrogen) atoms. The largest absolute Gasteiger partial charge is 0.481 e. The van der Waals surface area contributed by atoms with Gasteiger partial charge in [0, 0.05) is 37.6 Å². The highest BCUT2D eigenvalue weighted by molar-refractivity contribution is 6.01. The van der Waals surface area contributed by atoms with Crippen molar-refractivity contribution in [3.63, 3.8) is 0 Å². The fourth-order valence-corrected chi connectivity index (χ4v) is 3.79. The van der Waals surface area contributed by atoms with Gasteiger partial charge in [0.15, 0.2) is 0 Å². The van der Waals surface area contributed by atoms with Crippen LogP contribution in [0.3, 0.4) is 0 Å².